The van der Waals surface area contributed by atoms with Crippen LogP contribution in [0.3, 0.4) is 0 Å². The minimum Gasteiger partial charge on any atom is -0.291 e. The molecule has 0 N–H and O–H groups in total. The molecule has 0 spiro atoms. The second-order valence-electron chi connectivity index (χ2n) is 9.60. The van der Waals surface area contributed by atoms with Crippen LogP contribution in [0.25, 0.3) is 11.8 Å². The molecule has 196 valence electrons. The van der Waals surface area contributed by atoms with Crippen molar-refractivity contribution >= 4 is 33.2 Å². The number of Topliss-reactive ketones (excluding diaryl/α,β-unsaturated/α-hetero) is 1. The van der Waals surface area contributed by atoms with E-state index in [9.17, 15) is 17.6 Å². The second kappa shape index (κ2) is 9.37. The number of aryl methyl sites for hydroxylation is 1. The molecule has 1 saturated heterocycles. The van der Waals surface area contributed by atoms with Gasteiger partial charge in [-0.25, -0.2) is 22.5 Å². The number of benzene rings is 1. The summed E-state index contributed by atoms with van der Waals surface area (Å²) in [6.45, 7) is 2.85. The van der Waals surface area contributed by atoms with Crippen LogP contribution in [0, 0.1) is 11.2 Å². The van der Waals surface area contributed by atoms with Gasteiger partial charge >= 0.3 is 0 Å². The first-order valence-electron chi connectivity index (χ1n) is 12.3. The smallest absolute Gasteiger partial charge is 0.246 e. The quantitative estimate of drug-likeness (QED) is 0.322. The van der Waals surface area contributed by atoms with Gasteiger partial charge in [0.25, 0.3) is 0 Å². The SMILES string of the molecule is CCCn1cc(S(=O)(=O)N2CCC3=Cc4c(cnn4-c4ccc(F)cc4)C[C@]3(C(=O)c3cscn3)C2)cn1. The van der Waals surface area contributed by atoms with Gasteiger partial charge in [-0.3, -0.25) is 9.48 Å². The third kappa shape index (κ3) is 4.03. The zero-order chi connectivity index (χ0) is 26.5. The zero-order valence-electron chi connectivity index (χ0n) is 20.6. The summed E-state index contributed by atoms with van der Waals surface area (Å²) in [5.74, 6) is -0.540. The zero-order valence-corrected chi connectivity index (χ0v) is 22.3. The second-order valence-corrected chi connectivity index (χ2v) is 12.3. The van der Waals surface area contributed by atoms with Crippen LogP contribution in [0.2, 0.25) is 0 Å². The normalized spacial score (nSPS) is 19.6. The van der Waals surface area contributed by atoms with Crippen molar-refractivity contribution in [2.45, 2.75) is 37.6 Å². The Labute approximate surface area is 223 Å². The number of carbonyl (C=O) groups is 1. The molecule has 0 saturated carbocycles. The third-order valence-electron chi connectivity index (χ3n) is 7.25. The fraction of sp³-hybridized carbons (Fsp3) is 0.308. The molecular formula is C26H25FN6O3S2. The number of sulfonamides is 1. The molecule has 38 heavy (non-hydrogen) atoms. The Morgan fingerprint density at radius 1 is 1.18 bits per heavy atom. The summed E-state index contributed by atoms with van der Waals surface area (Å²) in [6.07, 6.45) is 8.06. The summed E-state index contributed by atoms with van der Waals surface area (Å²) in [6, 6.07) is 6.05. The molecule has 6 rings (SSSR count). The first-order valence-corrected chi connectivity index (χ1v) is 14.7. The molecule has 0 amide bonds. The Bertz CT molecular complexity index is 1640. The number of thiazole rings is 1. The molecule has 1 aliphatic heterocycles. The number of nitrogens with zero attached hydrogens (tertiary/aromatic N) is 6. The Kier molecular flexibility index (Phi) is 6.12. The molecule has 1 atom stereocenters. The van der Waals surface area contributed by atoms with Crippen molar-refractivity contribution in [3.63, 3.8) is 0 Å². The Morgan fingerprint density at radius 3 is 2.74 bits per heavy atom. The number of hydrogen-bond donors (Lipinski definition) is 0. The van der Waals surface area contributed by atoms with Crippen LogP contribution in [0.1, 0.15) is 41.5 Å². The molecule has 2 aliphatic rings. The lowest BCUT2D eigenvalue weighted by atomic mass is 9.65. The van der Waals surface area contributed by atoms with Crippen LogP contribution in [0.5, 0.6) is 0 Å². The molecule has 4 heterocycles. The average molecular weight is 553 g/mol. The summed E-state index contributed by atoms with van der Waals surface area (Å²) in [7, 11) is -3.87. The molecule has 1 fully saturated rings. The number of ketones is 1. The third-order valence-corrected chi connectivity index (χ3v) is 9.64. The Morgan fingerprint density at radius 2 is 2.00 bits per heavy atom. The topological polar surface area (TPSA) is 103 Å². The van der Waals surface area contributed by atoms with E-state index in [2.05, 4.69) is 15.2 Å². The molecule has 3 aromatic heterocycles. The molecule has 12 heteroatoms. The van der Waals surface area contributed by atoms with Gasteiger partial charge in [-0.05, 0) is 55.2 Å². The average Bonchev–Trinajstić information content (AvgIpc) is 3.69. The molecule has 4 aromatic rings. The van der Waals surface area contributed by atoms with E-state index in [0.29, 0.717) is 24.3 Å². The lowest BCUT2D eigenvalue weighted by Gasteiger charge is -2.44. The minimum absolute atomic E-state index is 0.00233. The van der Waals surface area contributed by atoms with Gasteiger partial charge in [-0.2, -0.15) is 14.5 Å². The van der Waals surface area contributed by atoms with E-state index in [1.54, 1.807) is 44.8 Å². The van der Waals surface area contributed by atoms with Crippen LogP contribution in [0.4, 0.5) is 4.39 Å². The largest absolute Gasteiger partial charge is 0.291 e. The summed E-state index contributed by atoms with van der Waals surface area (Å²) in [5, 5.41) is 10.4. The summed E-state index contributed by atoms with van der Waals surface area (Å²) < 4.78 is 45.6. The van der Waals surface area contributed by atoms with Crippen molar-refractivity contribution in [2.75, 3.05) is 13.1 Å². The molecule has 0 unspecified atom stereocenters. The van der Waals surface area contributed by atoms with Crippen molar-refractivity contribution < 1.29 is 17.6 Å². The van der Waals surface area contributed by atoms with E-state index >= 15 is 0 Å². The highest BCUT2D eigenvalue weighted by molar-refractivity contribution is 7.89. The fourth-order valence-corrected chi connectivity index (χ4v) is 7.34. The van der Waals surface area contributed by atoms with Crippen molar-refractivity contribution in [1.29, 1.82) is 0 Å². The van der Waals surface area contributed by atoms with Gasteiger partial charge in [0, 0.05) is 31.2 Å². The highest BCUT2D eigenvalue weighted by Crippen LogP contribution is 2.47. The van der Waals surface area contributed by atoms with Crippen LogP contribution in [-0.2, 0) is 23.0 Å². The first kappa shape index (κ1) is 24.8. The highest BCUT2D eigenvalue weighted by Gasteiger charge is 2.51. The number of rotatable bonds is 7. The minimum atomic E-state index is -3.87. The lowest BCUT2D eigenvalue weighted by Crippen LogP contribution is -2.53. The van der Waals surface area contributed by atoms with Gasteiger partial charge in [0.1, 0.15) is 16.4 Å². The molecule has 0 bridgehead atoms. The van der Waals surface area contributed by atoms with Crippen molar-refractivity contribution in [2.24, 2.45) is 5.41 Å². The van der Waals surface area contributed by atoms with E-state index in [4.69, 9.17) is 0 Å². The predicted molar refractivity (Wildman–Crippen MR) is 140 cm³/mol. The van der Waals surface area contributed by atoms with Gasteiger partial charge in [-0.1, -0.05) is 12.5 Å². The number of fused-ring (bicyclic) bond motifs is 2. The van der Waals surface area contributed by atoms with Gasteiger partial charge in [0.2, 0.25) is 10.0 Å². The number of piperidine rings is 1. The number of hydrogen-bond acceptors (Lipinski definition) is 7. The summed E-state index contributed by atoms with van der Waals surface area (Å²) in [4.78, 5) is 18.4. The fourth-order valence-electron chi connectivity index (χ4n) is 5.36. The van der Waals surface area contributed by atoms with E-state index in [1.807, 2.05) is 13.0 Å². The molecule has 0 radical (unpaired) electrons. The van der Waals surface area contributed by atoms with Crippen LogP contribution in [0.15, 0.2) is 64.2 Å². The monoisotopic (exact) mass is 552 g/mol. The maximum atomic E-state index is 14.0. The highest BCUT2D eigenvalue weighted by atomic mass is 32.2. The van der Waals surface area contributed by atoms with Gasteiger partial charge in [-0.15, -0.1) is 11.3 Å². The Hall–Kier alpha value is -3.48. The van der Waals surface area contributed by atoms with E-state index in [-0.39, 0.29) is 36.0 Å². The van der Waals surface area contributed by atoms with Crippen LogP contribution < -0.4 is 0 Å². The molecular weight excluding hydrogens is 527 g/mol. The van der Waals surface area contributed by atoms with Gasteiger partial charge < -0.3 is 0 Å². The number of halogens is 1. The maximum Gasteiger partial charge on any atom is 0.246 e. The van der Waals surface area contributed by atoms with Crippen LogP contribution in [-0.4, -0.2) is 56.1 Å². The molecule has 9 nitrogen and oxygen atoms in total. The van der Waals surface area contributed by atoms with E-state index in [1.165, 1.54) is 34.0 Å². The lowest BCUT2D eigenvalue weighted by molar-refractivity contribution is 0.0771. The number of carbonyl (C=O) groups excluding carboxylic acids is 1. The summed E-state index contributed by atoms with van der Waals surface area (Å²) >= 11 is 1.33. The van der Waals surface area contributed by atoms with E-state index in [0.717, 1.165) is 23.3 Å². The van der Waals surface area contributed by atoms with Gasteiger partial charge in [0.15, 0.2) is 5.78 Å². The van der Waals surface area contributed by atoms with Crippen molar-refractivity contribution in [3.8, 4) is 5.69 Å². The molecule has 1 aromatic carbocycles. The Balaban J connectivity index is 1.41. The number of aromatic nitrogens is 5. The molecule has 1 aliphatic carbocycles. The maximum absolute atomic E-state index is 14.0. The van der Waals surface area contributed by atoms with Crippen molar-refractivity contribution in [1.82, 2.24) is 28.9 Å². The van der Waals surface area contributed by atoms with Crippen molar-refractivity contribution in [3.05, 3.63) is 82.1 Å². The predicted octanol–water partition coefficient (Wildman–Crippen LogP) is 3.98. The first-order chi connectivity index (χ1) is 18.3. The van der Waals surface area contributed by atoms with Crippen LogP contribution >= 0.6 is 11.3 Å². The van der Waals surface area contributed by atoms with E-state index < -0.39 is 15.4 Å². The summed E-state index contributed by atoms with van der Waals surface area (Å²) in [5.41, 5.74) is 4.00. The van der Waals surface area contributed by atoms with Gasteiger partial charge in [0.05, 0.1) is 34.7 Å². The standard InChI is InChI=1S/C26H25FN6O3S2/c1-2-8-31-14-22(13-29-31)38(35,36)32-9-7-19-10-24-18(12-30-33(24)21-5-3-20(27)4-6-21)11-26(19,16-32)25(34)23-15-37-17-28-23/h3-6,10,12-15,17H,2,7-9,11,16H2,1H3/t26-/m0/s1.